The monoisotopic (exact) mass is 277 g/mol. The predicted molar refractivity (Wildman–Crippen MR) is 79.9 cm³/mol. The lowest BCUT2D eigenvalue weighted by Crippen LogP contribution is -2.44. The van der Waals surface area contributed by atoms with Crippen LogP contribution >= 0.6 is 0 Å². The van der Waals surface area contributed by atoms with Gasteiger partial charge in [-0.1, -0.05) is 18.2 Å². The number of para-hydroxylation sites is 1. The van der Waals surface area contributed by atoms with E-state index in [-0.39, 0.29) is 17.9 Å². The Labute approximate surface area is 120 Å². The summed E-state index contributed by atoms with van der Waals surface area (Å²) in [6.07, 6.45) is 0. The second-order valence-corrected chi connectivity index (χ2v) is 5.09. The number of anilines is 1. The van der Waals surface area contributed by atoms with Crippen LogP contribution in [0.2, 0.25) is 0 Å². The fourth-order valence-corrected chi connectivity index (χ4v) is 2.39. The minimum Gasteiger partial charge on any atom is -0.379 e. The van der Waals surface area contributed by atoms with Gasteiger partial charge in [0.25, 0.3) is 0 Å². The van der Waals surface area contributed by atoms with Crippen LogP contribution < -0.4 is 15.5 Å². The summed E-state index contributed by atoms with van der Waals surface area (Å²) >= 11 is 0. The molecule has 1 aromatic carbocycles. The van der Waals surface area contributed by atoms with Crippen LogP contribution in [0.15, 0.2) is 30.3 Å². The number of nitrogens with zero attached hydrogens (tertiary/aromatic N) is 1. The largest absolute Gasteiger partial charge is 0.379 e. The van der Waals surface area contributed by atoms with Crippen LogP contribution in [0.4, 0.5) is 5.69 Å². The highest BCUT2D eigenvalue weighted by Crippen LogP contribution is 2.13. The molecule has 20 heavy (non-hydrogen) atoms. The van der Waals surface area contributed by atoms with E-state index in [0.29, 0.717) is 19.8 Å². The van der Waals surface area contributed by atoms with Gasteiger partial charge in [-0.2, -0.15) is 0 Å². The van der Waals surface area contributed by atoms with Crippen molar-refractivity contribution in [2.45, 2.75) is 6.04 Å². The average Bonchev–Trinajstić information content (AvgIpc) is 2.96. The first-order chi connectivity index (χ1) is 9.72. The Morgan fingerprint density at radius 2 is 2.10 bits per heavy atom. The minimum absolute atomic E-state index is 0.0725. The molecule has 110 valence electrons. The van der Waals surface area contributed by atoms with Crippen molar-refractivity contribution in [3.63, 3.8) is 0 Å². The van der Waals surface area contributed by atoms with Gasteiger partial charge in [-0.15, -0.1) is 0 Å². The van der Waals surface area contributed by atoms with E-state index in [2.05, 4.69) is 27.7 Å². The van der Waals surface area contributed by atoms with Crippen molar-refractivity contribution in [3.05, 3.63) is 30.3 Å². The quantitative estimate of drug-likeness (QED) is 0.794. The molecule has 5 nitrogen and oxygen atoms in total. The van der Waals surface area contributed by atoms with Crippen LogP contribution in [0.3, 0.4) is 0 Å². The number of carbonyl (C=O) groups excluding carboxylic acids is 1. The first kappa shape index (κ1) is 14.8. The zero-order chi connectivity index (χ0) is 14.4. The lowest BCUT2D eigenvalue weighted by atomic mass is 10.0. The molecule has 2 atom stereocenters. The average molecular weight is 277 g/mol. The maximum Gasteiger partial charge on any atom is 0.227 e. The second kappa shape index (κ2) is 7.26. The van der Waals surface area contributed by atoms with E-state index >= 15 is 0 Å². The zero-order valence-electron chi connectivity index (χ0n) is 12.1. The van der Waals surface area contributed by atoms with Crippen LogP contribution in [-0.4, -0.2) is 52.3 Å². The van der Waals surface area contributed by atoms with Crippen molar-refractivity contribution < 1.29 is 9.53 Å². The number of rotatable bonds is 6. The van der Waals surface area contributed by atoms with E-state index in [9.17, 15) is 4.79 Å². The second-order valence-electron chi connectivity index (χ2n) is 5.09. The summed E-state index contributed by atoms with van der Waals surface area (Å²) in [5.41, 5.74) is 1.15. The number of carbonyl (C=O) groups is 1. The van der Waals surface area contributed by atoms with Gasteiger partial charge in [0, 0.05) is 31.9 Å². The Balaban J connectivity index is 1.74. The Kier molecular flexibility index (Phi) is 5.38. The van der Waals surface area contributed by atoms with Crippen molar-refractivity contribution in [1.29, 1.82) is 0 Å². The van der Waals surface area contributed by atoms with Crippen molar-refractivity contribution in [2.75, 3.05) is 45.3 Å². The number of hydrogen-bond acceptors (Lipinski definition) is 4. The highest BCUT2D eigenvalue weighted by molar-refractivity contribution is 5.79. The van der Waals surface area contributed by atoms with Crippen molar-refractivity contribution in [3.8, 4) is 0 Å². The van der Waals surface area contributed by atoms with Crippen LogP contribution in [0.1, 0.15) is 0 Å². The molecule has 0 aromatic heterocycles. The van der Waals surface area contributed by atoms with Crippen LogP contribution in [0.25, 0.3) is 0 Å². The molecule has 5 heteroatoms. The molecule has 2 rings (SSSR count). The SMILES string of the molecule is CNC1COCC1C(=O)NCCN(C)c1ccccc1. The fraction of sp³-hybridized carbons (Fsp3) is 0.533. The molecule has 1 fully saturated rings. The molecule has 1 amide bonds. The number of amides is 1. The Bertz CT molecular complexity index is 424. The lowest BCUT2D eigenvalue weighted by molar-refractivity contribution is -0.125. The maximum absolute atomic E-state index is 12.1. The lowest BCUT2D eigenvalue weighted by Gasteiger charge is -2.21. The Morgan fingerprint density at radius 3 is 2.80 bits per heavy atom. The summed E-state index contributed by atoms with van der Waals surface area (Å²) in [6.45, 7) is 2.54. The number of likely N-dealkylation sites (N-methyl/N-ethyl adjacent to an activating group) is 2. The van der Waals surface area contributed by atoms with Crippen molar-refractivity contribution in [1.82, 2.24) is 10.6 Å². The third-order valence-corrected chi connectivity index (χ3v) is 3.73. The molecule has 1 aromatic rings. The van der Waals surface area contributed by atoms with Crippen molar-refractivity contribution in [2.24, 2.45) is 5.92 Å². The van der Waals surface area contributed by atoms with Gasteiger partial charge in [-0.05, 0) is 19.2 Å². The van der Waals surface area contributed by atoms with Gasteiger partial charge in [0.15, 0.2) is 0 Å². The van der Waals surface area contributed by atoms with Gasteiger partial charge in [-0.25, -0.2) is 0 Å². The standard InChI is InChI=1S/C15H23N3O2/c1-16-14-11-20-10-13(14)15(19)17-8-9-18(2)12-6-4-3-5-7-12/h3-7,13-14,16H,8-11H2,1-2H3,(H,17,19). The van der Waals surface area contributed by atoms with Crippen LogP contribution in [0, 0.1) is 5.92 Å². The molecule has 0 saturated carbocycles. The molecular weight excluding hydrogens is 254 g/mol. The summed E-state index contributed by atoms with van der Waals surface area (Å²) in [4.78, 5) is 14.2. The molecule has 1 heterocycles. The highest BCUT2D eigenvalue weighted by atomic mass is 16.5. The van der Waals surface area contributed by atoms with E-state index in [1.165, 1.54) is 0 Å². The molecule has 2 unspecified atom stereocenters. The minimum atomic E-state index is -0.0815. The van der Waals surface area contributed by atoms with Gasteiger partial charge in [0.05, 0.1) is 19.1 Å². The van der Waals surface area contributed by atoms with Gasteiger partial charge in [0.1, 0.15) is 0 Å². The molecule has 0 bridgehead atoms. The zero-order valence-corrected chi connectivity index (χ0v) is 12.1. The molecule has 0 spiro atoms. The molecule has 1 aliphatic rings. The third-order valence-electron chi connectivity index (χ3n) is 3.73. The van der Waals surface area contributed by atoms with Crippen LogP contribution in [-0.2, 0) is 9.53 Å². The van der Waals surface area contributed by atoms with E-state index in [4.69, 9.17) is 4.74 Å². The molecular formula is C15H23N3O2. The molecule has 2 N–H and O–H groups in total. The summed E-state index contributed by atoms with van der Waals surface area (Å²) in [5, 5.41) is 6.11. The van der Waals surface area contributed by atoms with E-state index in [1.54, 1.807) is 0 Å². The molecule has 1 aliphatic heterocycles. The highest BCUT2D eigenvalue weighted by Gasteiger charge is 2.32. The summed E-state index contributed by atoms with van der Waals surface area (Å²) in [6, 6.07) is 10.3. The smallest absolute Gasteiger partial charge is 0.227 e. The topological polar surface area (TPSA) is 53.6 Å². The van der Waals surface area contributed by atoms with E-state index < -0.39 is 0 Å². The van der Waals surface area contributed by atoms with Gasteiger partial charge >= 0.3 is 0 Å². The number of benzene rings is 1. The van der Waals surface area contributed by atoms with Gasteiger partial charge in [0.2, 0.25) is 5.91 Å². The summed E-state index contributed by atoms with van der Waals surface area (Å²) < 4.78 is 5.34. The molecule has 1 saturated heterocycles. The van der Waals surface area contributed by atoms with E-state index in [1.807, 2.05) is 32.3 Å². The van der Waals surface area contributed by atoms with Gasteiger partial charge in [-0.3, -0.25) is 4.79 Å². The fourth-order valence-electron chi connectivity index (χ4n) is 2.39. The number of ether oxygens (including phenoxy) is 1. The summed E-state index contributed by atoms with van der Waals surface area (Å²) in [7, 11) is 3.89. The Morgan fingerprint density at radius 1 is 1.35 bits per heavy atom. The molecule has 0 radical (unpaired) electrons. The first-order valence-electron chi connectivity index (χ1n) is 7.01. The number of hydrogen-bond donors (Lipinski definition) is 2. The van der Waals surface area contributed by atoms with Gasteiger partial charge < -0.3 is 20.3 Å². The maximum atomic E-state index is 12.1. The normalized spacial score (nSPS) is 21.7. The third kappa shape index (κ3) is 3.71. The predicted octanol–water partition coefficient (Wildman–Crippen LogP) is 0.473. The first-order valence-corrected chi connectivity index (χ1v) is 7.01. The molecule has 0 aliphatic carbocycles. The number of nitrogens with one attached hydrogen (secondary N) is 2. The van der Waals surface area contributed by atoms with E-state index in [0.717, 1.165) is 12.2 Å². The van der Waals surface area contributed by atoms with Crippen LogP contribution in [0.5, 0.6) is 0 Å². The summed E-state index contributed by atoms with van der Waals surface area (Å²) in [5.74, 6) is -0.00894. The van der Waals surface area contributed by atoms with Crippen molar-refractivity contribution >= 4 is 11.6 Å². The Hall–Kier alpha value is -1.59.